The van der Waals surface area contributed by atoms with E-state index in [1.165, 1.54) is 0 Å². The second-order valence-electron chi connectivity index (χ2n) is 7.50. The van der Waals surface area contributed by atoms with Crippen LogP contribution >= 0.6 is 0 Å². The van der Waals surface area contributed by atoms with Gasteiger partial charge in [-0.05, 0) is 54.8 Å². The van der Waals surface area contributed by atoms with Crippen LogP contribution in [0.1, 0.15) is 28.8 Å². The second-order valence-corrected chi connectivity index (χ2v) is 7.50. The van der Waals surface area contributed by atoms with E-state index in [0.717, 1.165) is 5.56 Å². The molecule has 0 bridgehead atoms. The number of anilines is 2. The van der Waals surface area contributed by atoms with Crippen LogP contribution in [0.2, 0.25) is 0 Å². The van der Waals surface area contributed by atoms with Gasteiger partial charge < -0.3 is 15.4 Å². The Bertz CT molecular complexity index is 1080. The number of amides is 2. The van der Waals surface area contributed by atoms with Crippen LogP contribution in [0.4, 0.5) is 11.4 Å². The molecular formula is C25H22N2O4. The first-order valence-corrected chi connectivity index (χ1v) is 10.1. The third kappa shape index (κ3) is 4.80. The topological polar surface area (TPSA) is 84.5 Å². The molecule has 156 valence electrons. The number of benzene rings is 3. The molecule has 0 aromatic heterocycles. The van der Waals surface area contributed by atoms with Gasteiger partial charge in [0.05, 0.1) is 5.56 Å². The zero-order valence-corrected chi connectivity index (χ0v) is 16.8. The molecule has 0 atom stereocenters. The third-order valence-electron chi connectivity index (χ3n) is 5.24. The lowest BCUT2D eigenvalue weighted by molar-refractivity contribution is -0.131. The van der Waals surface area contributed by atoms with Gasteiger partial charge in [-0.25, -0.2) is 4.79 Å². The van der Waals surface area contributed by atoms with Crippen molar-refractivity contribution < 1.29 is 19.1 Å². The normalized spacial score (nSPS) is 13.7. The highest BCUT2D eigenvalue weighted by molar-refractivity contribution is 6.16. The molecule has 3 aromatic rings. The van der Waals surface area contributed by atoms with E-state index in [0.29, 0.717) is 29.8 Å². The van der Waals surface area contributed by atoms with Gasteiger partial charge in [-0.1, -0.05) is 48.5 Å². The van der Waals surface area contributed by atoms with Crippen LogP contribution in [-0.2, 0) is 20.9 Å². The molecule has 0 radical (unpaired) electrons. The largest absolute Gasteiger partial charge is 0.457 e. The molecule has 4 rings (SSSR count). The minimum atomic E-state index is -1.05. The zero-order chi connectivity index (χ0) is 21.7. The summed E-state index contributed by atoms with van der Waals surface area (Å²) in [6.07, 6.45) is 1.00. The van der Waals surface area contributed by atoms with Crippen molar-refractivity contribution in [1.29, 1.82) is 0 Å². The summed E-state index contributed by atoms with van der Waals surface area (Å²) in [5.41, 5.74) is 1.41. The Morgan fingerprint density at radius 2 is 1.23 bits per heavy atom. The molecule has 31 heavy (non-hydrogen) atoms. The molecule has 2 amide bonds. The van der Waals surface area contributed by atoms with Gasteiger partial charge in [0.1, 0.15) is 12.0 Å². The monoisotopic (exact) mass is 414 g/mol. The minimum Gasteiger partial charge on any atom is -0.457 e. The number of ether oxygens (including phenoxy) is 1. The number of esters is 1. The standard InChI is InChI=1S/C25H22N2O4/c28-22(31-17-18-7-3-1-4-8-18)19-11-13-21(14-12-19)27-24(30)25(15-16-25)23(29)26-20-9-5-2-6-10-20/h1-14H,15-17H2,(H,26,29)(H,27,30). The average Bonchev–Trinajstić information content (AvgIpc) is 3.62. The number of nitrogens with one attached hydrogen (secondary N) is 2. The first kappa shape index (κ1) is 20.3. The molecule has 1 aliphatic carbocycles. The summed E-state index contributed by atoms with van der Waals surface area (Å²) in [6, 6.07) is 24.9. The van der Waals surface area contributed by atoms with Crippen LogP contribution in [0, 0.1) is 5.41 Å². The molecule has 2 N–H and O–H groups in total. The predicted molar refractivity (Wildman–Crippen MR) is 117 cm³/mol. The smallest absolute Gasteiger partial charge is 0.338 e. The lowest BCUT2D eigenvalue weighted by Crippen LogP contribution is -2.35. The molecule has 0 aliphatic heterocycles. The van der Waals surface area contributed by atoms with Gasteiger partial charge in [-0.15, -0.1) is 0 Å². The number of carbonyl (C=O) groups excluding carboxylic acids is 3. The van der Waals surface area contributed by atoms with Gasteiger partial charge >= 0.3 is 5.97 Å². The van der Waals surface area contributed by atoms with Crippen molar-refractivity contribution in [3.8, 4) is 0 Å². The Hall–Kier alpha value is -3.93. The zero-order valence-electron chi connectivity index (χ0n) is 16.8. The van der Waals surface area contributed by atoms with Gasteiger partial charge in [0.15, 0.2) is 0 Å². The summed E-state index contributed by atoms with van der Waals surface area (Å²) in [6.45, 7) is 0.192. The highest BCUT2D eigenvalue weighted by Crippen LogP contribution is 2.47. The van der Waals surface area contributed by atoms with Crippen LogP contribution < -0.4 is 10.6 Å². The molecule has 6 heteroatoms. The second kappa shape index (κ2) is 8.83. The van der Waals surface area contributed by atoms with Gasteiger partial charge in [0, 0.05) is 11.4 Å². The fraction of sp³-hybridized carbons (Fsp3) is 0.160. The van der Waals surface area contributed by atoms with E-state index >= 15 is 0 Å². The highest BCUT2D eigenvalue weighted by atomic mass is 16.5. The molecule has 0 spiro atoms. The highest BCUT2D eigenvalue weighted by Gasteiger charge is 2.56. The lowest BCUT2D eigenvalue weighted by atomic mass is 10.0. The maximum absolute atomic E-state index is 12.7. The van der Waals surface area contributed by atoms with Gasteiger partial charge in [-0.2, -0.15) is 0 Å². The van der Waals surface area contributed by atoms with Crippen LogP contribution in [-0.4, -0.2) is 17.8 Å². The molecule has 0 unspecified atom stereocenters. The number of hydrogen-bond donors (Lipinski definition) is 2. The van der Waals surface area contributed by atoms with Gasteiger partial charge in [-0.3, -0.25) is 9.59 Å². The Kier molecular flexibility index (Phi) is 5.80. The van der Waals surface area contributed by atoms with Crippen molar-refractivity contribution in [3.05, 3.63) is 96.1 Å². The fourth-order valence-electron chi connectivity index (χ4n) is 3.20. The van der Waals surface area contributed by atoms with E-state index in [1.807, 2.05) is 48.5 Å². The van der Waals surface area contributed by atoms with Crippen LogP contribution in [0.25, 0.3) is 0 Å². The van der Waals surface area contributed by atoms with E-state index in [9.17, 15) is 14.4 Å². The molecule has 1 saturated carbocycles. The Morgan fingerprint density at radius 3 is 1.77 bits per heavy atom. The molecule has 1 fully saturated rings. The van der Waals surface area contributed by atoms with Gasteiger partial charge in [0.25, 0.3) is 0 Å². The summed E-state index contributed by atoms with van der Waals surface area (Å²) in [5, 5.41) is 5.59. The maximum atomic E-state index is 12.7. The maximum Gasteiger partial charge on any atom is 0.338 e. The average molecular weight is 414 g/mol. The molecule has 6 nitrogen and oxygen atoms in total. The van der Waals surface area contributed by atoms with Crippen molar-refractivity contribution in [2.24, 2.45) is 5.41 Å². The Morgan fingerprint density at radius 1 is 0.710 bits per heavy atom. The lowest BCUT2D eigenvalue weighted by Gasteiger charge is -2.15. The van der Waals surface area contributed by atoms with E-state index in [1.54, 1.807) is 36.4 Å². The predicted octanol–water partition coefficient (Wildman–Crippen LogP) is 4.40. The molecular weight excluding hydrogens is 392 g/mol. The molecule has 0 saturated heterocycles. The first-order valence-electron chi connectivity index (χ1n) is 10.1. The molecule has 0 heterocycles. The Balaban J connectivity index is 1.33. The van der Waals surface area contributed by atoms with Gasteiger partial charge in [0.2, 0.25) is 11.8 Å². The van der Waals surface area contributed by atoms with E-state index < -0.39 is 11.4 Å². The number of hydrogen-bond acceptors (Lipinski definition) is 4. The van der Waals surface area contributed by atoms with Crippen LogP contribution in [0.15, 0.2) is 84.9 Å². The first-order chi connectivity index (χ1) is 15.1. The van der Waals surface area contributed by atoms with Crippen molar-refractivity contribution >= 4 is 29.2 Å². The van der Waals surface area contributed by atoms with Crippen molar-refractivity contribution in [3.63, 3.8) is 0 Å². The Labute approximate surface area is 180 Å². The number of rotatable bonds is 7. The minimum absolute atomic E-state index is 0.192. The summed E-state index contributed by atoms with van der Waals surface area (Å²) in [4.78, 5) is 37.6. The summed E-state index contributed by atoms with van der Waals surface area (Å²) in [5.74, 6) is -1.10. The van der Waals surface area contributed by atoms with E-state index in [-0.39, 0.29) is 18.4 Å². The van der Waals surface area contributed by atoms with Crippen LogP contribution in [0.3, 0.4) is 0 Å². The van der Waals surface area contributed by atoms with Crippen molar-refractivity contribution in [2.45, 2.75) is 19.4 Å². The quantitative estimate of drug-likeness (QED) is 0.443. The fourth-order valence-corrected chi connectivity index (χ4v) is 3.20. The third-order valence-corrected chi connectivity index (χ3v) is 5.24. The summed E-state index contributed by atoms with van der Waals surface area (Å²) in [7, 11) is 0. The number of carbonyl (C=O) groups is 3. The van der Waals surface area contributed by atoms with Crippen LogP contribution in [0.5, 0.6) is 0 Å². The molecule has 1 aliphatic rings. The number of para-hydroxylation sites is 1. The molecule has 3 aromatic carbocycles. The van der Waals surface area contributed by atoms with E-state index in [4.69, 9.17) is 4.74 Å². The van der Waals surface area contributed by atoms with E-state index in [2.05, 4.69) is 10.6 Å². The van der Waals surface area contributed by atoms with Crippen molar-refractivity contribution in [1.82, 2.24) is 0 Å². The summed E-state index contributed by atoms with van der Waals surface area (Å²) >= 11 is 0. The SMILES string of the molecule is O=C(OCc1ccccc1)c1ccc(NC(=O)C2(C(=O)Nc3ccccc3)CC2)cc1. The van der Waals surface area contributed by atoms with Crippen molar-refractivity contribution in [2.75, 3.05) is 10.6 Å². The summed E-state index contributed by atoms with van der Waals surface area (Å²) < 4.78 is 5.31.